The van der Waals surface area contributed by atoms with Crippen molar-refractivity contribution in [2.75, 3.05) is 7.11 Å². The van der Waals surface area contributed by atoms with Gasteiger partial charge in [0.2, 0.25) is 0 Å². The van der Waals surface area contributed by atoms with Crippen LogP contribution in [-0.2, 0) is 14.3 Å². The number of nitrogens with zero attached hydrogens (tertiary/aromatic N) is 2. The molecule has 32 heavy (non-hydrogen) atoms. The van der Waals surface area contributed by atoms with E-state index in [0.29, 0.717) is 24.0 Å². The number of ketones is 1. The van der Waals surface area contributed by atoms with Crippen molar-refractivity contribution in [3.8, 4) is 11.3 Å². The van der Waals surface area contributed by atoms with Gasteiger partial charge in [0.25, 0.3) is 5.91 Å². The predicted octanol–water partition coefficient (Wildman–Crippen LogP) is 4.06. The topological polar surface area (TPSA) is 112 Å². The lowest BCUT2D eigenvalue weighted by molar-refractivity contribution is -0.152. The number of ether oxygens (including phenoxy) is 1. The molecule has 7 heteroatoms. The fourth-order valence-corrected chi connectivity index (χ4v) is 4.49. The van der Waals surface area contributed by atoms with E-state index < -0.39 is 11.3 Å². The van der Waals surface area contributed by atoms with Gasteiger partial charge in [-0.1, -0.05) is 24.3 Å². The van der Waals surface area contributed by atoms with Crippen LogP contribution < -0.4 is 5.73 Å². The molecular weight excluding hydrogens is 406 g/mol. The molecule has 1 aromatic carbocycles. The van der Waals surface area contributed by atoms with E-state index in [-0.39, 0.29) is 23.9 Å². The largest absolute Gasteiger partial charge is 0.469 e. The van der Waals surface area contributed by atoms with Crippen molar-refractivity contribution in [3.05, 3.63) is 47.9 Å². The van der Waals surface area contributed by atoms with E-state index in [0.717, 1.165) is 31.2 Å². The van der Waals surface area contributed by atoms with Crippen LogP contribution in [0.4, 0.5) is 0 Å². The van der Waals surface area contributed by atoms with Crippen LogP contribution in [0.15, 0.2) is 36.7 Å². The first-order valence-corrected chi connectivity index (χ1v) is 11.0. The third-order valence-electron chi connectivity index (χ3n) is 6.31. The number of carbonyl (C=O) groups excluding carboxylic acids is 3. The Bertz CT molecular complexity index is 977. The Morgan fingerprint density at radius 3 is 2.31 bits per heavy atom. The molecule has 1 aliphatic rings. The van der Waals surface area contributed by atoms with E-state index >= 15 is 0 Å². The van der Waals surface area contributed by atoms with Crippen LogP contribution in [0.25, 0.3) is 11.3 Å². The summed E-state index contributed by atoms with van der Waals surface area (Å²) >= 11 is 0. The van der Waals surface area contributed by atoms with E-state index in [1.807, 2.05) is 12.1 Å². The third kappa shape index (κ3) is 5.78. The maximum absolute atomic E-state index is 12.5. The van der Waals surface area contributed by atoms with Gasteiger partial charge in [0.05, 0.1) is 30.6 Å². The summed E-state index contributed by atoms with van der Waals surface area (Å²) in [7, 11) is 1.36. The average Bonchev–Trinajstić information content (AvgIpc) is 2.78. The Morgan fingerprint density at radius 1 is 1.06 bits per heavy atom. The van der Waals surface area contributed by atoms with Crippen molar-refractivity contribution >= 4 is 17.7 Å². The van der Waals surface area contributed by atoms with Gasteiger partial charge in [-0.2, -0.15) is 0 Å². The summed E-state index contributed by atoms with van der Waals surface area (Å²) in [5.74, 6) is 0.0288. The Balaban J connectivity index is 1.54. The zero-order chi connectivity index (χ0) is 23.3. The number of carbonyl (C=O) groups is 3. The number of esters is 1. The second kappa shape index (κ2) is 10.0. The Morgan fingerprint density at radius 2 is 1.72 bits per heavy atom. The van der Waals surface area contributed by atoms with E-state index in [1.54, 1.807) is 20.0 Å². The average molecular weight is 438 g/mol. The molecule has 3 rings (SSSR count). The SMILES string of the molecule is COC(=O)C(C)(C)CC(=O)CC1CCC(c2ccc(-c3cncc(C(N)=O)n3)cc2)CC1. The maximum Gasteiger partial charge on any atom is 0.311 e. The normalized spacial score (nSPS) is 18.7. The molecule has 2 aromatic rings. The molecule has 0 unspecified atom stereocenters. The van der Waals surface area contributed by atoms with Gasteiger partial charge in [0, 0.05) is 18.4 Å². The van der Waals surface area contributed by atoms with Gasteiger partial charge in [-0.25, -0.2) is 4.98 Å². The number of nitrogens with two attached hydrogens (primary N) is 1. The Kier molecular flexibility index (Phi) is 7.38. The number of amides is 1. The van der Waals surface area contributed by atoms with Crippen molar-refractivity contribution < 1.29 is 19.1 Å². The molecule has 1 aromatic heterocycles. The van der Waals surface area contributed by atoms with E-state index in [4.69, 9.17) is 10.5 Å². The number of aromatic nitrogens is 2. The highest BCUT2D eigenvalue weighted by Gasteiger charge is 2.33. The summed E-state index contributed by atoms with van der Waals surface area (Å²) in [5.41, 5.74) is 7.44. The van der Waals surface area contributed by atoms with Crippen LogP contribution in [-0.4, -0.2) is 34.7 Å². The Labute approximate surface area is 188 Å². The molecule has 1 amide bonds. The minimum absolute atomic E-state index is 0.132. The number of methoxy groups -OCH3 is 1. The van der Waals surface area contributed by atoms with Crippen molar-refractivity contribution in [3.63, 3.8) is 0 Å². The molecule has 0 saturated heterocycles. The third-order valence-corrected chi connectivity index (χ3v) is 6.31. The molecule has 1 saturated carbocycles. The minimum Gasteiger partial charge on any atom is -0.469 e. The van der Waals surface area contributed by atoms with Crippen LogP contribution >= 0.6 is 0 Å². The molecule has 0 bridgehead atoms. The number of hydrogen-bond acceptors (Lipinski definition) is 6. The standard InChI is InChI=1S/C25H31N3O4/c1-25(2,24(31)32-3)13-20(29)12-16-4-6-17(7-5-16)18-8-10-19(11-9-18)21-14-27-15-22(28-21)23(26)30/h8-11,14-17H,4-7,12-13H2,1-3H3,(H2,26,30). The van der Waals surface area contributed by atoms with Crippen LogP contribution in [0.5, 0.6) is 0 Å². The summed E-state index contributed by atoms with van der Waals surface area (Å²) in [6, 6.07) is 8.19. The lowest BCUT2D eigenvalue weighted by atomic mass is 9.75. The van der Waals surface area contributed by atoms with Gasteiger partial charge < -0.3 is 10.5 Å². The number of primary amides is 1. The predicted molar refractivity (Wildman–Crippen MR) is 121 cm³/mol. The highest BCUT2D eigenvalue weighted by atomic mass is 16.5. The molecule has 0 spiro atoms. The van der Waals surface area contributed by atoms with Crippen molar-refractivity contribution in [2.45, 2.75) is 58.3 Å². The van der Waals surface area contributed by atoms with E-state index in [9.17, 15) is 14.4 Å². The van der Waals surface area contributed by atoms with Crippen molar-refractivity contribution in [1.29, 1.82) is 0 Å². The second-order valence-corrected chi connectivity index (χ2v) is 9.29. The molecular formula is C25H31N3O4. The smallest absolute Gasteiger partial charge is 0.311 e. The first-order chi connectivity index (χ1) is 15.2. The molecule has 2 N–H and O–H groups in total. The molecule has 0 radical (unpaired) electrons. The number of Topliss-reactive ketones (excluding diaryl/α,β-unsaturated/α-hetero) is 1. The minimum atomic E-state index is -0.772. The van der Waals surface area contributed by atoms with Gasteiger partial charge in [-0.3, -0.25) is 19.4 Å². The quantitative estimate of drug-likeness (QED) is 0.623. The number of benzene rings is 1. The Hall–Kier alpha value is -3.09. The first-order valence-electron chi connectivity index (χ1n) is 11.0. The monoisotopic (exact) mass is 437 g/mol. The first kappa shape index (κ1) is 23.6. The number of hydrogen-bond donors (Lipinski definition) is 1. The van der Waals surface area contributed by atoms with Gasteiger partial charge in [-0.15, -0.1) is 0 Å². The van der Waals surface area contributed by atoms with Crippen molar-refractivity contribution in [1.82, 2.24) is 9.97 Å². The molecule has 7 nitrogen and oxygen atoms in total. The van der Waals surface area contributed by atoms with Gasteiger partial charge in [0.1, 0.15) is 11.5 Å². The maximum atomic E-state index is 12.5. The fourth-order valence-electron chi connectivity index (χ4n) is 4.49. The van der Waals surface area contributed by atoms with E-state index in [1.165, 1.54) is 18.9 Å². The zero-order valence-electron chi connectivity index (χ0n) is 19.0. The summed E-state index contributed by atoms with van der Waals surface area (Å²) in [4.78, 5) is 43.9. The summed E-state index contributed by atoms with van der Waals surface area (Å²) in [6.07, 6.45) is 7.81. The lowest BCUT2D eigenvalue weighted by Crippen LogP contribution is -2.29. The number of rotatable bonds is 8. The van der Waals surface area contributed by atoms with E-state index in [2.05, 4.69) is 22.1 Å². The molecule has 170 valence electrons. The molecule has 0 atom stereocenters. The second-order valence-electron chi connectivity index (χ2n) is 9.29. The zero-order valence-corrected chi connectivity index (χ0v) is 19.0. The molecule has 1 aliphatic carbocycles. The summed E-state index contributed by atoms with van der Waals surface area (Å²) < 4.78 is 4.80. The summed E-state index contributed by atoms with van der Waals surface area (Å²) in [6.45, 7) is 3.51. The molecule has 1 fully saturated rings. The fraction of sp³-hybridized carbons (Fsp3) is 0.480. The highest BCUT2D eigenvalue weighted by Crippen LogP contribution is 2.38. The van der Waals surface area contributed by atoms with Crippen molar-refractivity contribution in [2.24, 2.45) is 17.1 Å². The van der Waals surface area contributed by atoms with Crippen LogP contribution in [0.2, 0.25) is 0 Å². The van der Waals surface area contributed by atoms with Gasteiger partial charge in [-0.05, 0) is 56.9 Å². The lowest BCUT2D eigenvalue weighted by Gasteiger charge is -2.29. The molecule has 0 aliphatic heterocycles. The van der Waals surface area contributed by atoms with Crippen LogP contribution in [0, 0.1) is 11.3 Å². The highest BCUT2D eigenvalue weighted by molar-refractivity contribution is 5.91. The molecule has 1 heterocycles. The van der Waals surface area contributed by atoms with Gasteiger partial charge >= 0.3 is 5.97 Å². The van der Waals surface area contributed by atoms with Crippen LogP contribution in [0.1, 0.15) is 74.3 Å². The van der Waals surface area contributed by atoms with Gasteiger partial charge in [0.15, 0.2) is 0 Å². The summed E-state index contributed by atoms with van der Waals surface area (Å²) in [5, 5.41) is 0. The van der Waals surface area contributed by atoms with Crippen LogP contribution in [0.3, 0.4) is 0 Å².